The molecule has 92 valence electrons. The van der Waals surface area contributed by atoms with E-state index in [9.17, 15) is 9.90 Å². The Bertz CT molecular complexity index is 408. The Kier molecular flexibility index (Phi) is 5.43. The van der Waals surface area contributed by atoms with Gasteiger partial charge in [-0.05, 0) is 24.0 Å². The van der Waals surface area contributed by atoms with Crippen LogP contribution in [0.25, 0.3) is 5.57 Å². The van der Waals surface area contributed by atoms with Gasteiger partial charge in [0.15, 0.2) is 0 Å². The van der Waals surface area contributed by atoms with Gasteiger partial charge in [0.05, 0.1) is 12.2 Å². The summed E-state index contributed by atoms with van der Waals surface area (Å²) in [7, 11) is 1.64. The van der Waals surface area contributed by atoms with Crippen molar-refractivity contribution < 1.29 is 14.6 Å². The first-order valence-corrected chi connectivity index (χ1v) is 5.71. The van der Waals surface area contributed by atoms with Gasteiger partial charge < -0.3 is 9.84 Å². The van der Waals surface area contributed by atoms with Gasteiger partial charge >= 0.3 is 5.97 Å². The molecule has 0 amide bonds. The highest BCUT2D eigenvalue weighted by Gasteiger charge is 2.13. The van der Waals surface area contributed by atoms with Crippen molar-refractivity contribution in [2.75, 3.05) is 13.7 Å². The molecule has 0 aliphatic carbocycles. The number of hydrogen-bond donors (Lipinski definition) is 1. The van der Waals surface area contributed by atoms with E-state index in [1.807, 2.05) is 31.2 Å². The maximum atomic E-state index is 11.2. The predicted molar refractivity (Wildman–Crippen MR) is 67.9 cm³/mol. The Balaban J connectivity index is 3.09. The molecule has 3 nitrogen and oxygen atoms in total. The summed E-state index contributed by atoms with van der Waals surface area (Å²) in [4.78, 5) is 11.2. The monoisotopic (exact) mass is 234 g/mol. The third kappa shape index (κ3) is 3.71. The maximum absolute atomic E-state index is 11.2. The molecule has 0 fully saturated rings. The Morgan fingerprint density at radius 1 is 1.41 bits per heavy atom. The minimum atomic E-state index is -0.878. The van der Waals surface area contributed by atoms with Crippen molar-refractivity contribution in [3.63, 3.8) is 0 Å². The van der Waals surface area contributed by atoms with E-state index in [0.29, 0.717) is 18.6 Å². The Labute approximate surface area is 102 Å². The second-order valence-corrected chi connectivity index (χ2v) is 3.73. The summed E-state index contributed by atoms with van der Waals surface area (Å²) in [5, 5.41) is 9.21. The Morgan fingerprint density at radius 3 is 2.71 bits per heavy atom. The second kappa shape index (κ2) is 6.86. The zero-order valence-corrected chi connectivity index (χ0v) is 10.3. The topological polar surface area (TPSA) is 46.5 Å². The van der Waals surface area contributed by atoms with Gasteiger partial charge in [0.2, 0.25) is 0 Å². The van der Waals surface area contributed by atoms with E-state index in [0.717, 1.165) is 17.5 Å². The average Bonchev–Trinajstić information content (AvgIpc) is 2.33. The van der Waals surface area contributed by atoms with Gasteiger partial charge in [-0.3, -0.25) is 0 Å². The number of aliphatic carboxylic acids is 1. The molecule has 0 saturated heterocycles. The van der Waals surface area contributed by atoms with E-state index < -0.39 is 5.97 Å². The van der Waals surface area contributed by atoms with Crippen LogP contribution in [-0.2, 0) is 16.0 Å². The van der Waals surface area contributed by atoms with Crippen LogP contribution < -0.4 is 0 Å². The highest BCUT2D eigenvalue weighted by molar-refractivity contribution is 6.15. The lowest BCUT2D eigenvalue weighted by molar-refractivity contribution is -0.130. The summed E-state index contributed by atoms with van der Waals surface area (Å²) in [5.41, 5.74) is 2.18. The Hall–Kier alpha value is -1.61. The molecule has 0 aromatic heterocycles. The van der Waals surface area contributed by atoms with Crippen molar-refractivity contribution in [1.29, 1.82) is 0 Å². The first-order valence-electron chi connectivity index (χ1n) is 5.71. The number of rotatable bonds is 6. The van der Waals surface area contributed by atoms with Crippen LogP contribution in [0.2, 0.25) is 0 Å². The van der Waals surface area contributed by atoms with E-state index in [-0.39, 0.29) is 0 Å². The van der Waals surface area contributed by atoms with Gasteiger partial charge in [-0.15, -0.1) is 0 Å². The summed E-state index contributed by atoms with van der Waals surface area (Å²) in [6.45, 7) is 2.52. The summed E-state index contributed by atoms with van der Waals surface area (Å²) in [5.74, 6) is -0.878. The molecule has 1 N–H and O–H groups in total. The fraction of sp³-hybridized carbons (Fsp3) is 0.357. The third-order valence-electron chi connectivity index (χ3n) is 2.52. The van der Waals surface area contributed by atoms with E-state index in [2.05, 4.69) is 0 Å². The number of allylic oxidation sites excluding steroid dienone is 1. The van der Waals surface area contributed by atoms with Crippen molar-refractivity contribution in [3.8, 4) is 0 Å². The molecule has 17 heavy (non-hydrogen) atoms. The number of methoxy groups -OCH3 is 1. The molecule has 0 atom stereocenters. The van der Waals surface area contributed by atoms with Gasteiger partial charge in [-0.25, -0.2) is 4.79 Å². The number of carboxylic acids is 1. The third-order valence-corrected chi connectivity index (χ3v) is 2.52. The van der Waals surface area contributed by atoms with Crippen molar-refractivity contribution in [2.24, 2.45) is 0 Å². The molecule has 0 radical (unpaired) electrons. The summed E-state index contributed by atoms with van der Waals surface area (Å²) < 4.78 is 5.03. The largest absolute Gasteiger partial charge is 0.478 e. The predicted octanol–water partition coefficient (Wildman–Crippen LogP) is 2.75. The number of carbonyl (C=O) groups is 1. The Morgan fingerprint density at radius 2 is 2.12 bits per heavy atom. The summed E-state index contributed by atoms with van der Waals surface area (Å²) in [6, 6.07) is 7.57. The minimum absolute atomic E-state index is 0.374. The van der Waals surface area contributed by atoms with Crippen LogP contribution in [0.5, 0.6) is 0 Å². The van der Waals surface area contributed by atoms with Crippen LogP contribution in [0.3, 0.4) is 0 Å². The lowest BCUT2D eigenvalue weighted by Gasteiger charge is -2.09. The minimum Gasteiger partial charge on any atom is -0.478 e. The van der Waals surface area contributed by atoms with Crippen LogP contribution in [0.1, 0.15) is 24.5 Å². The zero-order valence-electron chi connectivity index (χ0n) is 10.3. The number of hydrogen-bond acceptors (Lipinski definition) is 2. The molecule has 0 bridgehead atoms. The molecule has 3 heteroatoms. The lowest BCUT2D eigenvalue weighted by atomic mass is 9.97. The van der Waals surface area contributed by atoms with Crippen LogP contribution in [0, 0.1) is 0 Å². The van der Waals surface area contributed by atoms with Crippen LogP contribution >= 0.6 is 0 Å². The quantitative estimate of drug-likeness (QED) is 0.770. The molecule has 0 heterocycles. The van der Waals surface area contributed by atoms with E-state index in [1.54, 1.807) is 13.2 Å². The first-order chi connectivity index (χ1) is 8.20. The molecule has 0 spiro atoms. The standard InChI is InChI=1S/C14H18O3/c1-3-6-13(14(15)16)12-8-5-4-7-11(12)9-10-17-2/h4-8H,3,9-10H2,1-2H3,(H,15,16). The van der Waals surface area contributed by atoms with Crippen molar-refractivity contribution in [1.82, 2.24) is 0 Å². The molecule has 1 rings (SSSR count). The second-order valence-electron chi connectivity index (χ2n) is 3.73. The first kappa shape index (κ1) is 13.5. The van der Waals surface area contributed by atoms with Crippen molar-refractivity contribution >= 4 is 11.5 Å². The summed E-state index contributed by atoms with van der Waals surface area (Å²) in [6.07, 6.45) is 3.18. The SMILES string of the molecule is CCC=C(C(=O)O)c1ccccc1CCOC. The zero-order chi connectivity index (χ0) is 12.7. The van der Waals surface area contributed by atoms with Crippen LogP contribution in [0.4, 0.5) is 0 Å². The normalized spacial score (nSPS) is 11.5. The molecule has 0 unspecified atom stereocenters. The van der Waals surface area contributed by atoms with Gasteiger partial charge in [0.1, 0.15) is 0 Å². The lowest BCUT2D eigenvalue weighted by Crippen LogP contribution is -2.05. The highest BCUT2D eigenvalue weighted by Crippen LogP contribution is 2.20. The molecule has 1 aromatic carbocycles. The van der Waals surface area contributed by atoms with Gasteiger partial charge in [0, 0.05) is 7.11 Å². The highest BCUT2D eigenvalue weighted by atomic mass is 16.5. The molecule has 0 aliphatic heterocycles. The van der Waals surface area contributed by atoms with Crippen molar-refractivity contribution in [2.45, 2.75) is 19.8 Å². The number of ether oxygens (including phenoxy) is 1. The van der Waals surface area contributed by atoms with E-state index in [4.69, 9.17) is 4.74 Å². The van der Waals surface area contributed by atoms with Gasteiger partial charge in [-0.2, -0.15) is 0 Å². The molecule has 0 aliphatic rings. The molecule has 0 saturated carbocycles. The van der Waals surface area contributed by atoms with Crippen LogP contribution in [-0.4, -0.2) is 24.8 Å². The molecular weight excluding hydrogens is 216 g/mol. The van der Waals surface area contributed by atoms with Crippen molar-refractivity contribution in [3.05, 3.63) is 41.5 Å². The molecule has 1 aromatic rings. The van der Waals surface area contributed by atoms with E-state index in [1.165, 1.54) is 0 Å². The number of benzene rings is 1. The molecular formula is C14H18O3. The fourth-order valence-electron chi connectivity index (χ4n) is 1.73. The van der Waals surface area contributed by atoms with Crippen LogP contribution in [0.15, 0.2) is 30.3 Å². The number of carboxylic acid groups (broad SMARTS) is 1. The fourth-order valence-corrected chi connectivity index (χ4v) is 1.73. The van der Waals surface area contributed by atoms with Gasteiger partial charge in [-0.1, -0.05) is 37.3 Å². The average molecular weight is 234 g/mol. The smallest absolute Gasteiger partial charge is 0.335 e. The van der Waals surface area contributed by atoms with E-state index >= 15 is 0 Å². The summed E-state index contributed by atoms with van der Waals surface area (Å²) >= 11 is 0. The maximum Gasteiger partial charge on any atom is 0.335 e. The van der Waals surface area contributed by atoms with Gasteiger partial charge in [0.25, 0.3) is 0 Å².